The number of H-pyrrole nitrogens is 1. The van der Waals surface area contributed by atoms with Crippen LogP contribution in [0.3, 0.4) is 0 Å². The summed E-state index contributed by atoms with van der Waals surface area (Å²) < 4.78 is 0. The lowest BCUT2D eigenvalue weighted by Gasteiger charge is -2.27. The van der Waals surface area contributed by atoms with E-state index in [0.29, 0.717) is 41.5 Å². The third kappa shape index (κ3) is 3.28. The summed E-state index contributed by atoms with van der Waals surface area (Å²) in [5.74, 6) is 1.24. The van der Waals surface area contributed by atoms with Gasteiger partial charge in [-0.05, 0) is 30.9 Å². The molecule has 0 aliphatic carbocycles. The Hall–Kier alpha value is -2.17. The van der Waals surface area contributed by atoms with E-state index in [4.69, 9.17) is 0 Å². The highest BCUT2D eigenvalue weighted by Gasteiger charge is 2.30. The number of nitrogens with zero attached hydrogens (tertiary/aromatic N) is 2. The molecule has 5 nitrogen and oxygen atoms in total. The monoisotopic (exact) mass is 313 g/mol. The van der Waals surface area contributed by atoms with Gasteiger partial charge < -0.3 is 9.88 Å². The minimum absolute atomic E-state index is 0.140. The van der Waals surface area contributed by atoms with Gasteiger partial charge in [0.05, 0.1) is 10.9 Å². The number of benzene rings is 1. The summed E-state index contributed by atoms with van der Waals surface area (Å²) in [6, 6.07) is 7.62. The number of hydrogen-bond donors (Lipinski definition) is 1. The van der Waals surface area contributed by atoms with E-state index in [2.05, 4.69) is 23.8 Å². The Morgan fingerprint density at radius 2 is 2.17 bits per heavy atom. The quantitative estimate of drug-likeness (QED) is 0.943. The summed E-state index contributed by atoms with van der Waals surface area (Å²) in [5.41, 5.74) is 0.541. The second-order valence-corrected chi connectivity index (χ2v) is 6.57. The van der Waals surface area contributed by atoms with E-state index in [9.17, 15) is 9.59 Å². The smallest absolute Gasteiger partial charge is 0.258 e. The number of likely N-dealkylation sites (tertiary alicyclic amines) is 1. The number of aryl methyl sites for hydroxylation is 1. The van der Waals surface area contributed by atoms with Crippen LogP contribution in [0.15, 0.2) is 29.1 Å². The van der Waals surface area contributed by atoms with Gasteiger partial charge in [-0.3, -0.25) is 9.59 Å². The highest BCUT2D eigenvalue weighted by molar-refractivity contribution is 5.78. The summed E-state index contributed by atoms with van der Waals surface area (Å²) in [6.45, 7) is 5.18. The van der Waals surface area contributed by atoms with Crippen LogP contribution in [0.4, 0.5) is 0 Å². The fourth-order valence-electron chi connectivity index (χ4n) is 3.42. The first-order valence-electron chi connectivity index (χ1n) is 8.33. The summed E-state index contributed by atoms with van der Waals surface area (Å²) in [6.07, 6.45) is 3.04. The van der Waals surface area contributed by atoms with Crippen LogP contribution in [-0.2, 0) is 11.2 Å². The Balaban J connectivity index is 1.71. The largest absolute Gasteiger partial charge is 0.339 e. The maximum absolute atomic E-state index is 12.5. The Kier molecular flexibility index (Phi) is 4.46. The van der Waals surface area contributed by atoms with E-state index < -0.39 is 0 Å². The van der Waals surface area contributed by atoms with E-state index in [1.165, 1.54) is 0 Å². The summed E-state index contributed by atoms with van der Waals surface area (Å²) >= 11 is 0. The molecule has 5 heteroatoms. The van der Waals surface area contributed by atoms with Gasteiger partial charge in [-0.25, -0.2) is 4.98 Å². The number of nitrogens with one attached hydrogen (secondary N) is 1. The number of aromatic nitrogens is 2. The van der Waals surface area contributed by atoms with Crippen molar-refractivity contribution in [1.29, 1.82) is 0 Å². The molecular formula is C18H23N3O2. The second-order valence-electron chi connectivity index (χ2n) is 6.57. The Labute approximate surface area is 135 Å². The molecule has 0 radical (unpaired) electrons. The normalized spacial score (nSPS) is 18.0. The molecule has 1 N–H and O–H groups in total. The van der Waals surface area contributed by atoms with Gasteiger partial charge in [0.1, 0.15) is 5.82 Å². The SMILES string of the molecule is CC(C)[C@H]1CCCN1C(=O)CCc1nc2ccccc2c(=O)[nH]1. The molecule has 23 heavy (non-hydrogen) atoms. The van der Waals surface area contributed by atoms with E-state index in [-0.39, 0.29) is 11.5 Å². The fraction of sp³-hybridized carbons (Fsp3) is 0.500. The number of hydrogen-bond acceptors (Lipinski definition) is 3. The maximum atomic E-state index is 12.5. The summed E-state index contributed by atoms with van der Waals surface area (Å²) in [5, 5.41) is 0.585. The average molecular weight is 313 g/mol. The van der Waals surface area contributed by atoms with E-state index in [0.717, 1.165) is 19.4 Å². The highest BCUT2D eigenvalue weighted by Crippen LogP contribution is 2.24. The second kappa shape index (κ2) is 6.52. The summed E-state index contributed by atoms with van der Waals surface area (Å²) in [4.78, 5) is 33.8. The third-order valence-electron chi connectivity index (χ3n) is 4.63. The van der Waals surface area contributed by atoms with Gasteiger partial charge in [-0.1, -0.05) is 26.0 Å². The fourth-order valence-corrected chi connectivity index (χ4v) is 3.42. The van der Waals surface area contributed by atoms with Crippen LogP contribution < -0.4 is 5.56 Å². The van der Waals surface area contributed by atoms with Crippen LogP contribution in [0.2, 0.25) is 0 Å². The van der Waals surface area contributed by atoms with Gasteiger partial charge >= 0.3 is 0 Å². The molecule has 1 amide bonds. The molecule has 2 heterocycles. The Bertz CT molecular complexity index is 766. The number of aromatic amines is 1. The van der Waals surface area contributed by atoms with Crippen LogP contribution >= 0.6 is 0 Å². The van der Waals surface area contributed by atoms with Crippen LogP contribution in [-0.4, -0.2) is 33.4 Å². The zero-order valence-corrected chi connectivity index (χ0v) is 13.7. The number of amides is 1. The third-order valence-corrected chi connectivity index (χ3v) is 4.63. The van der Waals surface area contributed by atoms with Gasteiger partial charge in [-0.15, -0.1) is 0 Å². The predicted octanol–water partition coefficient (Wildman–Crippen LogP) is 2.50. The first-order chi connectivity index (χ1) is 11.1. The van der Waals surface area contributed by atoms with Crippen LogP contribution in [0, 0.1) is 5.92 Å². The average Bonchev–Trinajstić information content (AvgIpc) is 3.02. The van der Waals surface area contributed by atoms with Gasteiger partial charge in [-0.2, -0.15) is 0 Å². The van der Waals surface area contributed by atoms with Crippen molar-refractivity contribution in [2.24, 2.45) is 5.92 Å². The zero-order valence-electron chi connectivity index (χ0n) is 13.7. The molecule has 1 atom stereocenters. The lowest BCUT2D eigenvalue weighted by Crippen LogP contribution is -2.38. The van der Waals surface area contributed by atoms with Crippen molar-refractivity contribution >= 4 is 16.8 Å². The molecule has 0 saturated carbocycles. The standard InChI is InChI=1S/C18H23N3O2/c1-12(2)15-8-5-11-21(15)17(22)10-9-16-19-14-7-4-3-6-13(14)18(23)20-16/h3-4,6-7,12,15H,5,8-11H2,1-2H3,(H,19,20,23)/t15-/m1/s1. The highest BCUT2D eigenvalue weighted by atomic mass is 16.2. The molecule has 0 unspecified atom stereocenters. The van der Waals surface area contributed by atoms with Crippen molar-refractivity contribution in [2.45, 2.75) is 45.6 Å². The molecule has 1 fully saturated rings. The van der Waals surface area contributed by atoms with Gasteiger partial charge in [0.25, 0.3) is 5.56 Å². The number of carbonyl (C=O) groups excluding carboxylic acids is 1. The molecule has 0 bridgehead atoms. The topological polar surface area (TPSA) is 66.1 Å². The molecule has 2 aromatic rings. The van der Waals surface area contributed by atoms with Crippen molar-refractivity contribution in [3.05, 3.63) is 40.4 Å². The van der Waals surface area contributed by atoms with Gasteiger partial charge in [0, 0.05) is 25.4 Å². The van der Waals surface area contributed by atoms with Crippen molar-refractivity contribution in [1.82, 2.24) is 14.9 Å². The number of carbonyl (C=O) groups is 1. The molecule has 3 rings (SSSR count). The summed E-state index contributed by atoms with van der Waals surface area (Å²) in [7, 11) is 0. The van der Waals surface area contributed by atoms with Crippen molar-refractivity contribution in [3.8, 4) is 0 Å². The van der Waals surface area contributed by atoms with Crippen LogP contribution in [0.25, 0.3) is 10.9 Å². The molecule has 1 aromatic carbocycles. The molecule has 1 saturated heterocycles. The first kappa shape index (κ1) is 15.7. The van der Waals surface area contributed by atoms with Crippen molar-refractivity contribution in [2.75, 3.05) is 6.54 Å². The van der Waals surface area contributed by atoms with Crippen molar-refractivity contribution < 1.29 is 4.79 Å². The van der Waals surface area contributed by atoms with E-state index in [1.807, 2.05) is 23.1 Å². The number of rotatable bonds is 4. The van der Waals surface area contributed by atoms with Gasteiger partial charge in [0.2, 0.25) is 5.91 Å². The lowest BCUT2D eigenvalue weighted by atomic mass is 10.0. The molecule has 1 aliphatic heterocycles. The van der Waals surface area contributed by atoms with Crippen LogP contribution in [0.1, 0.15) is 38.9 Å². The molecule has 122 valence electrons. The van der Waals surface area contributed by atoms with Gasteiger partial charge in [0.15, 0.2) is 0 Å². The molecule has 0 spiro atoms. The Morgan fingerprint density at radius 3 is 2.96 bits per heavy atom. The zero-order chi connectivity index (χ0) is 16.4. The molecule has 1 aliphatic rings. The molecular weight excluding hydrogens is 290 g/mol. The minimum Gasteiger partial charge on any atom is -0.339 e. The van der Waals surface area contributed by atoms with Crippen LogP contribution in [0.5, 0.6) is 0 Å². The minimum atomic E-state index is -0.140. The molecule has 1 aromatic heterocycles. The first-order valence-corrected chi connectivity index (χ1v) is 8.33. The van der Waals surface area contributed by atoms with E-state index in [1.54, 1.807) is 6.07 Å². The predicted molar refractivity (Wildman–Crippen MR) is 90.3 cm³/mol. The van der Waals surface area contributed by atoms with E-state index >= 15 is 0 Å². The Morgan fingerprint density at radius 1 is 1.39 bits per heavy atom. The maximum Gasteiger partial charge on any atom is 0.258 e. The lowest BCUT2D eigenvalue weighted by molar-refractivity contribution is -0.132. The number of para-hydroxylation sites is 1. The van der Waals surface area contributed by atoms with Crippen molar-refractivity contribution in [3.63, 3.8) is 0 Å². The number of fused-ring (bicyclic) bond motifs is 1.